The summed E-state index contributed by atoms with van der Waals surface area (Å²) in [5, 5.41) is 6.18. The molecule has 2 atom stereocenters. The number of hydrogen-bond donors (Lipinski definition) is 2. The van der Waals surface area contributed by atoms with Crippen molar-refractivity contribution in [2.75, 3.05) is 7.11 Å². The van der Waals surface area contributed by atoms with Crippen molar-refractivity contribution in [2.24, 2.45) is 0 Å². The quantitative estimate of drug-likeness (QED) is 0.828. The lowest BCUT2D eigenvalue weighted by Gasteiger charge is -2.21. The van der Waals surface area contributed by atoms with Crippen LogP contribution in [0.15, 0.2) is 24.3 Å². The van der Waals surface area contributed by atoms with Crippen LogP contribution < -0.4 is 15.4 Å². The summed E-state index contributed by atoms with van der Waals surface area (Å²) in [6.45, 7) is 7.81. The summed E-state index contributed by atoms with van der Waals surface area (Å²) in [7, 11) is 1.65. The summed E-state index contributed by atoms with van der Waals surface area (Å²) in [6, 6.07) is 7.87. The Morgan fingerprint density at radius 3 is 2.47 bits per heavy atom. The summed E-state index contributed by atoms with van der Waals surface area (Å²) in [6.07, 6.45) is 0. The Kier molecular flexibility index (Phi) is 5.83. The number of hydrogen-bond acceptors (Lipinski definition) is 3. The van der Waals surface area contributed by atoms with Crippen LogP contribution in [0.4, 0.5) is 0 Å². The molecule has 0 aliphatic rings. The normalized spacial score (nSPS) is 14.0. The maximum Gasteiger partial charge on any atom is 0.237 e. The number of benzene rings is 1. The fourth-order valence-electron chi connectivity index (χ4n) is 1.87. The van der Waals surface area contributed by atoms with Gasteiger partial charge in [0.05, 0.1) is 13.2 Å². The minimum absolute atomic E-state index is 0.0183. The van der Waals surface area contributed by atoms with Crippen LogP contribution in [0, 0.1) is 0 Å². The van der Waals surface area contributed by atoms with E-state index in [2.05, 4.69) is 10.6 Å². The van der Waals surface area contributed by atoms with Crippen molar-refractivity contribution >= 4 is 5.91 Å². The first-order valence-corrected chi connectivity index (χ1v) is 6.64. The third kappa shape index (κ3) is 4.91. The molecule has 1 unspecified atom stereocenters. The van der Waals surface area contributed by atoms with Gasteiger partial charge in [-0.05, 0) is 45.4 Å². The highest BCUT2D eigenvalue weighted by Crippen LogP contribution is 2.19. The van der Waals surface area contributed by atoms with Crippen molar-refractivity contribution in [3.8, 4) is 5.75 Å². The van der Waals surface area contributed by atoms with E-state index in [0.29, 0.717) is 0 Å². The first kappa shape index (κ1) is 15.5. The third-order valence-corrected chi connectivity index (χ3v) is 2.92. The molecule has 4 nitrogen and oxygen atoms in total. The number of methoxy groups -OCH3 is 1. The van der Waals surface area contributed by atoms with Crippen LogP contribution in [0.2, 0.25) is 0 Å². The molecule has 2 N–H and O–H groups in total. The van der Waals surface area contributed by atoms with Gasteiger partial charge < -0.3 is 10.1 Å². The number of carbonyl (C=O) groups is 1. The van der Waals surface area contributed by atoms with Gasteiger partial charge in [-0.3, -0.25) is 10.1 Å². The first-order valence-electron chi connectivity index (χ1n) is 6.64. The van der Waals surface area contributed by atoms with Crippen LogP contribution in [0.3, 0.4) is 0 Å². The first-order chi connectivity index (χ1) is 8.93. The molecule has 1 aromatic carbocycles. The molecular formula is C15H24N2O2. The Hall–Kier alpha value is -1.55. The lowest BCUT2D eigenvalue weighted by molar-refractivity contribution is -0.123. The highest BCUT2D eigenvalue weighted by molar-refractivity contribution is 5.81. The highest BCUT2D eigenvalue weighted by atomic mass is 16.5. The Labute approximate surface area is 115 Å². The van der Waals surface area contributed by atoms with E-state index in [0.717, 1.165) is 11.3 Å². The van der Waals surface area contributed by atoms with Crippen molar-refractivity contribution in [2.45, 2.75) is 45.8 Å². The van der Waals surface area contributed by atoms with E-state index < -0.39 is 0 Å². The third-order valence-electron chi connectivity index (χ3n) is 2.92. The number of amides is 1. The van der Waals surface area contributed by atoms with Gasteiger partial charge in [0.15, 0.2) is 0 Å². The van der Waals surface area contributed by atoms with E-state index in [9.17, 15) is 4.79 Å². The molecule has 0 radical (unpaired) electrons. The van der Waals surface area contributed by atoms with Crippen molar-refractivity contribution in [1.29, 1.82) is 0 Å². The molecule has 0 fully saturated rings. The molecule has 0 aromatic heterocycles. The molecule has 0 heterocycles. The second-order valence-corrected chi connectivity index (χ2v) is 5.05. The zero-order chi connectivity index (χ0) is 14.4. The van der Waals surface area contributed by atoms with Crippen LogP contribution in [0.5, 0.6) is 5.75 Å². The Balaban J connectivity index is 2.62. The molecular weight excluding hydrogens is 240 g/mol. The van der Waals surface area contributed by atoms with Crippen LogP contribution in [0.25, 0.3) is 0 Å². The van der Waals surface area contributed by atoms with Crippen LogP contribution in [-0.4, -0.2) is 25.1 Å². The van der Waals surface area contributed by atoms with Crippen molar-refractivity contribution in [3.05, 3.63) is 29.8 Å². The van der Waals surface area contributed by atoms with E-state index in [-0.39, 0.29) is 24.0 Å². The highest BCUT2D eigenvalue weighted by Gasteiger charge is 2.16. The molecule has 19 heavy (non-hydrogen) atoms. The Morgan fingerprint density at radius 2 is 1.89 bits per heavy atom. The average Bonchev–Trinajstić information content (AvgIpc) is 2.37. The molecule has 0 saturated heterocycles. The van der Waals surface area contributed by atoms with Gasteiger partial charge in [-0.15, -0.1) is 0 Å². The molecule has 1 amide bonds. The summed E-state index contributed by atoms with van der Waals surface area (Å²) < 4.78 is 5.20. The van der Waals surface area contributed by atoms with Crippen LogP contribution >= 0.6 is 0 Å². The van der Waals surface area contributed by atoms with Crippen molar-refractivity contribution in [1.82, 2.24) is 10.6 Å². The average molecular weight is 264 g/mol. The summed E-state index contributed by atoms with van der Waals surface area (Å²) in [4.78, 5) is 11.8. The van der Waals surface area contributed by atoms with Crippen LogP contribution in [-0.2, 0) is 4.79 Å². The maximum absolute atomic E-state index is 11.8. The lowest BCUT2D eigenvalue weighted by Crippen LogP contribution is -2.45. The van der Waals surface area contributed by atoms with Gasteiger partial charge in [-0.1, -0.05) is 12.1 Å². The van der Waals surface area contributed by atoms with Gasteiger partial charge in [0.2, 0.25) is 5.91 Å². The van der Waals surface area contributed by atoms with Gasteiger partial charge in [0.1, 0.15) is 5.75 Å². The Morgan fingerprint density at radius 1 is 1.21 bits per heavy atom. The summed E-state index contributed by atoms with van der Waals surface area (Å²) >= 11 is 0. The molecule has 4 heteroatoms. The van der Waals surface area contributed by atoms with Gasteiger partial charge in [0.25, 0.3) is 0 Å². The largest absolute Gasteiger partial charge is 0.497 e. The molecule has 0 bridgehead atoms. The van der Waals surface area contributed by atoms with Gasteiger partial charge in [-0.25, -0.2) is 0 Å². The molecule has 0 aliphatic heterocycles. The van der Waals surface area contributed by atoms with Gasteiger partial charge >= 0.3 is 0 Å². The predicted molar refractivity (Wildman–Crippen MR) is 77.3 cm³/mol. The number of rotatable bonds is 6. The van der Waals surface area contributed by atoms with Crippen LogP contribution in [0.1, 0.15) is 39.3 Å². The summed E-state index contributed by atoms with van der Waals surface area (Å²) in [5.74, 6) is 0.843. The van der Waals surface area contributed by atoms with E-state index in [1.165, 1.54) is 0 Å². The molecule has 0 saturated carbocycles. The maximum atomic E-state index is 11.8. The molecule has 0 aliphatic carbocycles. The lowest BCUT2D eigenvalue weighted by atomic mass is 10.1. The van der Waals surface area contributed by atoms with Gasteiger partial charge in [-0.2, -0.15) is 0 Å². The van der Waals surface area contributed by atoms with Crippen molar-refractivity contribution < 1.29 is 9.53 Å². The van der Waals surface area contributed by atoms with E-state index in [4.69, 9.17) is 4.74 Å². The zero-order valence-corrected chi connectivity index (χ0v) is 12.4. The summed E-state index contributed by atoms with van der Waals surface area (Å²) in [5.41, 5.74) is 1.10. The molecule has 1 rings (SSSR count). The number of carbonyl (C=O) groups excluding carboxylic acids is 1. The molecule has 1 aromatic rings. The topological polar surface area (TPSA) is 50.4 Å². The van der Waals surface area contributed by atoms with E-state index in [1.54, 1.807) is 7.11 Å². The minimum Gasteiger partial charge on any atom is -0.497 e. The fourth-order valence-corrected chi connectivity index (χ4v) is 1.87. The molecule has 106 valence electrons. The second-order valence-electron chi connectivity index (χ2n) is 5.05. The van der Waals surface area contributed by atoms with Gasteiger partial charge in [0, 0.05) is 12.1 Å². The van der Waals surface area contributed by atoms with E-state index >= 15 is 0 Å². The molecule has 0 spiro atoms. The smallest absolute Gasteiger partial charge is 0.237 e. The number of ether oxygens (including phenoxy) is 1. The standard InChI is InChI=1S/C15H24N2O2/c1-10(2)16-15(18)12(4)17-11(3)13-7-6-8-14(9-13)19-5/h6-12,17H,1-5H3,(H,16,18)/t11-,12?/m0/s1. The minimum atomic E-state index is -0.233. The second kappa shape index (κ2) is 7.14. The monoisotopic (exact) mass is 264 g/mol. The van der Waals surface area contributed by atoms with Crippen molar-refractivity contribution in [3.63, 3.8) is 0 Å². The Bertz CT molecular complexity index is 418. The predicted octanol–water partition coefficient (Wildman–Crippen LogP) is 2.26. The number of nitrogens with one attached hydrogen (secondary N) is 2. The SMILES string of the molecule is COc1cccc([C@H](C)NC(C)C(=O)NC(C)C)c1. The fraction of sp³-hybridized carbons (Fsp3) is 0.533. The van der Waals surface area contributed by atoms with E-state index in [1.807, 2.05) is 52.0 Å². The zero-order valence-electron chi connectivity index (χ0n) is 12.4.